The molecule has 4 rings (SSSR count). The second-order valence-electron chi connectivity index (χ2n) is 10.4. The van der Waals surface area contributed by atoms with E-state index in [0.717, 1.165) is 32.2 Å². The molecule has 6 nitrogen and oxygen atoms in total. The number of hydrogen-bond donors (Lipinski definition) is 3. The molecule has 206 valence electrons. The topological polar surface area (TPSA) is 73.5 Å². The second-order valence-corrected chi connectivity index (χ2v) is 10.4. The number of carbonyl (C=O) groups is 2. The van der Waals surface area contributed by atoms with Crippen molar-refractivity contribution in [3.63, 3.8) is 0 Å². The van der Waals surface area contributed by atoms with Gasteiger partial charge in [-0.2, -0.15) is 0 Å². The largest absolute Gasteiger partial charge is 0.352 e. The van der Waals surface area contributed by atoms with Gasteiger partial charge in [-0.05, 0) is 48.4 Å². The molecular formula is C33H42N4O2. The number of benzene rings is 3. The van der Waals surface area contributed by atoms with Gasteiger partial charge in [-0.3, -0.25) is 9.69 Å². The third-order valence-corrected chi connectivity index (χ3v) is 7.52. The van der Waals surface area contributed by atoms with E-state index in [1.807, 2.05) is 42.5 Å². The van der Waals surface area contributed by atoms with Crippen molar-refractivity contribution in [2.45, 2.75) is 57.7 Å². The first-order valence-electron chi connectivity index (χ1n) is 14.4. The van der Waals surface area contributed by atoms with Crippen LogP contribution < -0.4 is 16.0 Å². The van der Waals surface area contributed by atoms with Gasteiger partial charge in [-0.15, -0.1) is 0 Å². The van der Waals surface area contributed by atoms with Gasteiger partial charge in [0.25, 0.3) is 5.91 Å². The predicted octanol–water partition coefficient (Wildman–Crippen LogP) is 6.12. The molecule has 0 spiro atoms. The van der Waals surface area contributed by atoms with Crippen molar-refractivity contribution in [2.24, 2.45) is 5.92 Å². The van der Waals surface area contributed by atoms with E-state index in [4.69, 9.17) is 0 Å². The first kappa shape index (κ1) is 28.4. The summed E-state index contributed by atoms with van der Waals surface area (Å²) in [5.41, 5.74) is 3.07. The Balaban J connectivity index is 1.49. The van der Waals surface area contributed by atoms with Gasteiger partial charge in [0, 0.05) is 25.2 Å². The molecule has 39 heavy (non-hydrogen) atoms. The Morgan fingerprint density at radius 2 is 1.44 bits per heavy atom. The van der Waals surface area contributed by atoms with Crippen molar-refractivity contribution in [1.29, 1.82) is 0 Å². The molecule has 0 radical (unpaired) electrons. The number of nitrogens with zero attached hydrogens (tertiary/aromatic N) is 1. The van der Waals surface area contributed by atoms with Crippen LogP contribution in [0.1, 0.15) is 73.0 Å². The Hall–Kier alpha value is -3.64. The monoisotopic (exact) mass is 526 g/mol. The third kappa shape index (κ3) is 8.42. The van der Waals surface area contributed by atoms with Gasteiger partial charge < -0.3 is 16.0 Å². The zero-order valence-corrected chi connectivity index (χ0v) is 23.0. The number of urea groups is 1. The molecule has 1 saturated heterocycles. The van der Waals surface area contributed by atoms with Crippen LogP contribution >= 0.6 is 0 Å². The minimum absolute atomic E-state index is 0.0158. The quantitative estimate of drug-likeness (QED) is 0.249. The Morgan fingerprint density at radius 1 is 0.821 bits per heavy atom. The lowest BCUT2D eigenvalue weighted by Crippen LogP contribution is -2.56. The molecule has 3 aromatic carbocycles. The van der Waals surface area contributed by atoms with Gasteiger partial charge in [0.05, 0.1) is 12.2 Å². The van der Waals surface area contributed by atoms with Crippen molar-refractivity contribution in [1.82, 2.24) is 20.9 Å². The predicted molar refractivity (Wildman–Crippen MR) is 157 cm³/mol. The van der Waals surface area contributed by atoms with Crippen LogP contribution in [0.25, 0.3) is 0 Å². The van der Waals surface area contributed by atoms with E-state index in [1.165, 1.54) is 24.0 Å². The molecule has 1 fully saturated rings. The summed E-state index contributed by atoms with van der Waals surface area (Å²) in [7, 11) is 0. The number of piperidine rings is 1. The van der Waals surface area contributed by atoms with Crippen LogP contribution in [0, 0.1) is 5.92 Å². The second kappa shape index (κ2) is 15.1. The van der Waals surface area contributed by atoms with Gasteiger partial charge >= 0.3 is 6.03 Å². The minimum Gasteiger partial charge on any atom is -0.352 e. The van der Waals surface area contributed by atoms with Crippen molar-refractivity contribution in [3.05, 3.63) is 108 Å². The molecule has 0 aliphatic carbocycles. The SMILES string of the molecule is CCCCCCNC(=O)NC1CC(CNC(=O)c2ccccc2)CCN1C(c1ccccc1)c1ccccc1. The summed E-state index contributed by atoms with van der Waals surface area (Å²) in [6, 6.07) is 30.2. The normalized spacial score (nSPS) is 17.5. The van der Waals surface area contributed by atoms with Crippen LogP contribution in [-0.2, 0) is 0 Å². The number of unbranched alkanes of at least 4 members (excludes halogenated alkanes) is 3. The lowest BCUT2D eigenvalue weighted by molar-refractivity contribution is 0.0645. The van der Waals surface area contributed by atoms with Crippen LogP contribution in [0.15, 0.2) is 91.0 Å². The van der Waals surface area contributed by atoms with E-state index >= 15 is 0 Å². The smallest absolute Gasteiger partial charge is 0.316 e. The van der Waals surface area contributed by atoms with E-state index in [1.54, 1.807) is 0 Å². The van der Waals surface area contributed by atoms with Gasteiger partial charge in [-0.1, -0.05) is 105 Å². The molecule has 0 aromatic heterocycles. The molecule has 3 amide bonds. The van der Waals surface area contributed by atoms with E-state index in [2.05, 4.69) is 76.3 Å². The minimum atomic E-state index is -0.168. The molecule has 0 saturated carbocycles. The highest BCUT2D eigenvalue weighted by Crippen LogP contribution is 2.34. The number of carbonyl (C=O) groups excluding carboxylic acids is 2. The molecule has 2 atom stereocenters. The highest BCUT2D eigenvalue weighted by atomic mass is 16.2. The molecule has 0 bridgehead atoms. The Bertz CT molecular complexity index is 1100. The van der Waals surface area contributed by atoms with Crippen LogP contribution in [-0.4, -0.2) is 42.6 Å². The summed E-state index contributed by atoms with van der Waals surface area (Å²) in [4.78, 5) is 28.1. The van der Waals surface area contributed by atoms with Crippen LogP contribution in [0.2, 0.25) is 0 Å². The van der Waals surface area contributed by atoms with E-state index in [9.17, 15) is 9.59 Å². The standard InChI is InChI=1S/C33H42N4O2/c1-2-3-4-14-22-34-33(39)36-30-24-26(25-35-32(38)29-19-12-7-13-20-29)21-23-37(30)31(27-15-8-5-9-16-27)28-17-10-6-11-18-28/h5-13,15-20,26,30-31H,2-4,14,21-25H2,1H3,(H,35,38)(H2,34,36,39). The van der Waals surface area contributed by atoms with Crippen molar-refractivity contribution < 1.29 is 9.59 Å². The summed E-state index contributed by atoms with van der Waals surface area (Å²) in [6.45, 7) is 4.25. The molecule has 1 aliphatic rings. The Kier molecular flexibility index (Phi) is 11.0. The summed E-state index contributed by atoms with van der Waals surface area (Å²) < 4.78 is 0. The zero-order chi connectivity index (χ0) is 27.3. The fourth-order valence-electron chi connectivity index (χ4n) is 5.42. The van der Waals surface area contributed by atoms with Gasteiger partial charge in [0.2, 0.25) is 0 Å². The maximum atomic E-state index is 13.0. The van der Waals surface area contributed by atoms with Gasteiger partial charge in [0.1, 0.15) is 0 Å². The molecule has 6 heteroatoms. The molecule has 1 heterocycles. The number of amides is 3. The lowest BCUT2D eigenvalue weighted by atomic mass is 9.89. The highest BCUT2D eigenvalue weighted by Gasteiger charge is 2.35. The average molecular weight is 527 g/mol. The zero-order valence-electron chi connectivity index (χ0n) is 23.0. The number of likely N-dealkylation sites (tertiary alicyclic amines) is 1. The van der Waals surface area contributed by atoms with Crippen molar-refractivity contribution in [3.8, 4) is 0 Å². The van der Waals surface area contributed by atoms with Crippen LogP contribution in [0.3, 0.4) is 0 Å². The van der Waals surface area contributed by atoms with E-state index < -0.39 is 0 Å². The third-order valence-electron chi connectivity index (χ3n) is 7.52. The van der Waals surface area contributed by atoms with Crippen molar-refractivity contribution >= 4 is 11.9 Å². The first-order valence-corrected chi connectivity index (χ1v) is 14.4. The summed E-state index contributed by atoms with van der Waals surface area (Å²) in [6.07, 6.45) is 5.99. The summed E-state index contributed by atoms with van der Waals surface area (Å²) in [5, 5.41) is 9.48. The molecule has 3 N–H and O–H groups in total. The van der Waals surface area contributed by atoms with Gasteiger partial charge in [-0.25, -0.2) is 4.79 Å². The van der Waals surface area contributed by atoms with E-state index in [0.29, 0.717) is 18.7 Å². The Morgan fingerprint density at radius 3 is 2.05 bits per heavy atom. The fourth-order valence-corrected chi connectivity index (χ4v) is 5.42. The maximum Gasteiger partial charge on any atom is 0.316 e. The summed E-state index contributed by atoms with van der Waals surface area (Å²) >= 11 is 0. The summed E-state index contributed by atoms with van der Waals surface area (Å²) in [5.74, 6) is 0.203. The molecule has 1 aliphatic heterocycles. The fraction of sp³-hybridized carbons (Fsp3) is 0.394. The molecule has 2 unspecified atom stereocenters. The first-order chi connectivity index (χ1) is 19.2. The number of hydrogen-bond acceptors (Lipinski definition) is 3. The van der Waals surface area contributed by atoms with Crippen LogP contribution in [0.5, 0.6) is 0 Å². The lowest BCUT2D eigenvalue weighted by Gasteiger charge is -2.44. The Labute approximate surface area is 233 Å². The molecular weight excluding hydrogens is 484 g/mol. The van der Waals surface area contributed by atoms with Crippen LogP contribution in [0.4, 0.5) is 4.79 Å². The van der Waals surface area contributed by atoms with Gasteiger partial charge in [0.15, 0.2) is 0 Å². The molecule has 3 aromatic rings. The number of rotatable bonds is 12. The average Bonchev–Trinajstić information content (AvgIpc) is 2.98. The van der Waals surface area contributed by atoms with E-state index in [-0.39, 0.29) is 30.1 Å². The van der Waals surface area contributed by atoms with Crippen molar-refractivity contribution in [2.75, 3.05) is 19.6 Å². The number of nitrogens with one attached hydrogen (secondary N) is 3. The maximum absolute atomic E-state index is 13.0. The highest BCUT2D eigenvalue weighted by molar-refractivity contribution is 5.94.